The number of imidazole rings is 1. The van der Waals surface area contributed by atoms with Crippen LogP contribution in [0.15, 0.2) is 36.9 Å². The molecule has 1 heterocycles. The molecular weight excluding hydrogens is 174 g/mol. The summed E-state index contributed by atoms with van der Waals surface area (Å²) in [5, 5.41) is 8.92. The number of aromatic nitrogens is 2. The van der Waals surface area contributed by atoms with Crippen LogP contribution in [0.5, 0.6) is 0 Å². The van der Waals surface area contributed by atoms with Gasteiger partial charge in [-0.2, -0.15) is 5.26 Å². The van der Waals surface area contributed by atoms with Crippen molar-refractivity contribution >= 4 is 0 Å². The molecular formula is C11H9N3. The Kier molecular flexibility index (Phi) is 2.04. The Balaban J connectivity index is 2.63. The van der Waals surface area contributed by atoms with Gasteiger partial charge in [-0.25, -0.2) is 4.98 Å². The van der Waals surface area contributed by atoms with E-state index >= 15 is 0 Å². The molecule has 0 saturated heterocycles. The van der Waals surface area contributed by atoms with Crippen molar-refractivity contribution in [3.63, 3.8) is 0 Å². The van der Waals surface area contributed by atoms with Crippen molar-refractivity contribution in [1.82, 2.24) is 9.55 Å². The largest absolute Gasteiger partial charge is 0.305 e. The fourth-order valence-corrected chi connectivity index (χ4v) is 1.35. The van der Waals surface area contributed by atoms with Crippen LogP contribution in [0.25, 0.3) is 5.69 Å². The number of rotatable bonds is 1. The van der Waals surface area contributed by atoms with Crippen molar-refractivity contribution in [2.75, 3.05) is 0 Å². The van der Waals surface area contributed by atoms with Gasteiger partial charge in [0.05, 0.1) is 17.6 Å². The maximum Gasteiger partial charge on any atom is 0.101 e. The Morgan fingerprint density at radius 2 is 2.29 bits per heavy atom. The molecule has 0 amide bonds. The van der Waals surface area contributed by atoms with E-state index in [1.54, 1.807) is 12.5 Å². The molecule has 0 fully saturated rings. The molecule has 0 N–H and O–H groups in total. The van der Waals surface area contributed by atoms with Gasteiger partial charge in [0.1, 0.15) is 6.07 Å². The van der Waals surface area contributed by atoms with E-state index in [1.807, 2.05) is 35.9 Å². The molecule has 0 aliphatic heterocycles. The first-order valence-electron chi connectivity index (χ1n) is 4.30. The summed E-state index contributed by atoms with van der Waals surface area (Å²) in [4.78, 5) is 3.96. The number of hydrogen-bond donors (Lipinski definition) is 0. The standard InChI is InChI=1S/C11H9N3/c1-9-2-3-10(7-12)11(6-9)14-5-4-13-8-14/h2-6,8H,1H3. The van der Waals surface area contributed by atoms with Crippen LogP contribution in [-0.4, -0.2) is 9.55 Å². The van der Waals surface area contributed by atoms with Crippen LogP contribution >= 0.6 is 0 Å². The van der Waals surface area contributed by atoms with E-state index in [4.69, 9.17) is 5.26 Å². The highest BCUT2D eigenvalue weighted by Gasteiger charge is 2.03. The highest BCUT2D eigenvalue weighted by molar-refractivity contribution is 5.50. The van der Waals surface area contributed by atoms with Crippen molar-refractivity contribution < 1.29 is 0 Å². The van der Waals surface area contributed by atoms with Gasteiger partial charge in [0.2, 0.25) is 0 Å². The maximum atomic E-state index is 8.92. The number of benzene rings is 1. The highest BCUT2D eigenvalue weighted by Crippen LogP contribution is 2.15. The fourth-order valence-electron chi connectivity index (χ4n) is 1.35. The van der Waals surface area contributed by atoms with E-state index in [9.17, 15) is 0 Å². The predicted molar refractivity (Wildman–Crippen MR) is 53.0 cm³/mol. The average Bonchev–Trinajstić information content (AvgIpc) is 2.70. The molecule has 3 nitrogen and oxygen atoms in total. The average molecular weight is 183 g/mol. The first-order valence-corrected chi connectivity index (χ1v) is 4.30. The lowest BCUT2D eigenvalue weighted by Crippen LogP contribution is -1.94. The minimum absolute atomic E-state index is 0.661. The maximum absolute atomic E-state index is 8.92. The van der Waals surface area contributed by atoms with E-state index in [1.165, 1.54) is 0 Å². The van der Waals surface area contributed by atoms with Crippen molar-refractivity contribution in [2.24, 2.45) is 0 Å². The van der Waals surface area contributed by atoms with Crippen LogP contribution in [0.1, 0.15) is 11.1 Å². The van der Waals surface area contributed by atoms with Gasteiger partial charge in [0.15, 0.2) is 0 Å². The lowest BCUT2D eigenvalue weighted by Gasteiger charge is -2.05. The van der Waals surface area contributed by atoms with E-state index < -0.39 is 0 Å². The molecule has 0 radical (unpaired) electrons. The fraction of sp³-hybridized carbons (Fsp3) is 0.0909. The molecule has 0 aliphatic carbocycles. The summed E-state index contributed by atoms with van der Waals surface area (Å²) in [5.74, 6) is 0. The Hall–Kier alpha value is -2.08. The molecule has 1 aromatic heterocycles. The van der Waals surface area contributed by atoms with Crippen LogP contribution in [0.3, 0.4) is 0 Å². The van der Waals surface area contributed by atoms with Crippen molar-refractivity contribution in [1.29, 1.82) is 5.26 Å². The Morgan fingerprint density at radius 1 is 1.43 bits per heavy atom. The molecule has 2 rings (SSSR count). The zero-order chi connectivity index (χ0) is 9.97. The second-order valence-corrected chi connectivity index (χ2v) is 3.10. The molecule has 14 heavy (non-hydrogen) atoms. The van der Waals surface area contributed by atoms with Crippen LogP contribution in [0.4, 0.5) is 0 Å². The molecule has 0 aliphatic rings. The lowest BCUT2D eigenvalue weighted by atomic mass is 10.1. The summed E-state index contributed by atoms with van der Waals surface area (Å²) in [5.41, 5.74) is 2.67. The van der Waals surface area contributed by atoms with Gasteiger partial charge in [-0.3, -0.25) is 0 Å². The van der Waals surface area contributed by atoms with Gasteiger partial charge in [-0.05, 0) is 24.6 Å². The van der Waals surface area contributed by atoms with Crippen molar-refractivity contribution in [2.45, 2.75) is 6.92 Å². The van der Waals surface area contributed by atoms with E-state index in [0.717, 1.165) is 11.3 Å². The summed E-state index contributed by atoms with van der Waals surface area (Å²) in [6.07, 6.45) is 5.22. The first kappa shape index (κ1) is 8.52. The van der Waals surface area contributed by atoms with Crippen LogP contribution < -0.4 is 0 Å². The molecule has 1 aromatic carbocycles. The number of nitrogens with zero attached hydrogens (tertiary/aromatic N) is 3. The predicted octanol–water partition coefficient (Wildman–Crippen LogP) is 2.05. The first-order chi connectivity index (χ1) is 6.81. The van der Waals surface area contributed by atoms with Gasteiger partial charge in [-0.1, -0.05) is 6.07 Å². The second-order valence-electron chi connectivity index (χ2n) is 3.10. The quantitative estimate of drug-likeness (QED) is 0.679. The number of aryl methyl sites for hydroxylation is 1. The summed E-state index contributed by atoms with van der Waals surface area (Å²) < 4.78 is 1.84. The van der Waals surface area contributed by atoms with Crippen LogP contribution in [0, 0.1) is 18.3 Å². The third-order valence-electron chi connectivity index (χ3n) is 2.06. The van der Waals surface area contributed by atoms with E-state index in [0.29, 0.717) is 5.56 Å². The lowest BCUT2D eigenvalue weighted by molar-refractivity contribution is 1.05. The zero-order valence-corrected chi connectivity index (χ0v) is 7.81. The molecule has 3 heteroatoms. The van der Waals surface area contributed by atoms with Crippen molar-refractivity contribution in [3.8, 4) is 11.8 Å². The third-order valence-corrected chi connectivity index (χ3v) is 2.06. The van der Waals surface area contributed by atoms with Gasteiger partial charge in [0, 0.05) is 12.4 Å². The minimum Gasteiger partial charge on any atom is -0.305 e. The summed E-state index contributed by atoms with van der Waals surface area (Å²) in [7, 11) is 0. The Morgan fingerprint density at radius 3 is 2.93 bits per heavy atom. The third kappa shape index (κ3) is 1.38. The van der Waals surface area contributed by atoms with E-state index in [2.05, 4.69) is 11.1 Å². The minimum atomic E-state index is 0.661. The van der Waals surface area contributed by atoms with Gasteiger partial charge in [-0.15, -0.1) is 0 Å². The number of hydrogen-bond acceptors (Lipinski definition) is 2. The topological polar surface area (TPSA) is 41.6 Å². The smallest absolute Gasteiger partial charge is 0.101 e. The Labute approximate surface area is 82.2 Å². The SMILES string of the molecule is Cc1ccc(C#N)c(-n2ccnc2)c1. The van der Waals surface area contributed by atoms with Crippen molar-refractivity contribution in [3.05, 3.63) is 48.0 Å². The molecule has 0 atom stereocenters. The molecule has 0 bridgehead atoms. The highest BCUT2D eigenvalue weighted by atomic mass is 15.0. The molecule has 2 aromatic rings. The van der Waals surface area contributed by atoms with Crippen LogP contribution in [0.2, 0.25) is 0 Å². The summed E-state index contributed by atoms with van der Waals surface area (Å²) in [6, 6.07) is 7.89. The monoisotopic (exact) mass is 183 g/mol. The molecule has 68 valence electrons. The van der Waals surface area contributed by atoms with Gasteiger partial charge in [0.25, 0.3) is 0 Å². The second kappa shape index (κ2) is 3.35. The molecule has 0 unspecified atom stereocenters. The summed E-state index contributed by atoms with van der Waals surface area (Å²) in [6.45, 7) is 2.00. The van der Waals surface area contributed by atoms with Gasteiger partial charge >= 0.3 is 0 Å². The van der Waals surface area contributed by atoms with Crippen LogP contribution in [-0.2, 0) is 0 Å². The van der Waals surface area contributed by atoms with Gasteiger partial charge < -0.3 is 4.57 Å². The molecule has 0 saturated carbocycles. The zero-order valence-electron chi connectivity index (χ0n) is 7.81. The summed E-state index contributed by atoms with van der Waals surface area (Å²) >= 11 is 0. The normalized spacial score (nSPS) is 9.71. The van der Waals surface area contributed by atoms with E-state index in [-0.39, 0.29) is 0 Å². The Bertz CT molecular complexity index is 478. The number of nitriles is 1. The molecule has 0 spiro atoms.